The molecule has 2 aromatic rings. The number of rotatable bonds is 7. The van der Waals surface area contributed by atoms with E-state index in [2.05, 4.69) is 4.72 Å². The number of likely N-dealkylation sites (tertiary alicyclic amines) is 2. The minimum Gasteiger partial charge on any atom is -0.494 e. The Hall–Kier alpha value is -2.91. The Morgan fingerprint density at radius 1 is 0.943 bits per heavy atom. The van der Waals surface area contributed by atoms with Crippen LogP contribution in [0, 0.1) is 12.3 Å². The normalized spacial score (nSPS) is 17.5. The van der Waals surface area contributed by atoms with Crippen LogP contribution in [0.5, 0.6) is 5.75 Å². The number of ether oxygens (including phenoxy) is 1. The highest BCUT2D eigenvalue weighted by molar-refractivity contribution is 7.89. The maximum absolute atomic E-state index is 12.9. The number of carbonyl (C=O) groups is 2. The fourth-order valence-corrected chi connectivity index (χ4v) is 5.83. The second-order valence-corrected chi connectivity index (χ2v) is 11.2. The summed E-state index contributed by atoms with van der Waals surface area (Å²) in [5.74, 6) is 0.545. The molecule has 4 rings (SSSR count). The van der Waals surface area contributed by atoms with Gasteiger partial charge in [-0.2, -0.15) is 0 Å². The van der Waals surface area contributed by atoms with Gasteiger partial charge in [0, 0.05) is 31.7 Å². The summed E-state index contributed by atoms with van der Waals surface area (Å²) in [6.07, 6.45) is 2.53. The number of hydrogen-bond acceptors (Lipinski definition) is 5. The van der Waals surface area contributed by atoms with Gasteiger partial charge in [0.25, 0.3) is 5.91 Å². The molecule has 2 amide bonds. The number of nitrogens with one attached hydrogen (secondary N) is 1. The number of nitrogens with zero attached hydrogens (tertiary/aromatic N) is 2. The van der Waals surface area contributed by atoms with Gasteiger partial charge in [-0.3, -0.25) is 9.59 Å². The van der Waals surface area contributed by atoms with E-state index in [0.29, 0.717) is 38.3 Å². The van der Waals surface area contributed by atoms with Gasteiger partial charge in [-0.1, -0.05) is 17.7 Å². The molecule has 0 unspecified atom stereocenters. The summed E-state index contributed by atoms with van der Waals surface area (Å²) in [4.78, 5) is 29.5. The Bertz CT molecular complexity index is 1150. The van der Waals surface area contributed by atoms with Crippen LogP contribution in [0.1, 0.15) is 42.1 Å². The van der Waals surface area contributed by atoms with E-state index < -0.39 is 10.0 Å². The van der Waals surface area contributed by atoms with E-state index in [9.17, 15) is 18.0 Å². The van der Waals surface area contributed by atoms with Crippen LogP contribution in [0.2, 0.25) is 0 Å². The van der Waals surface area contributed by atoms with Gasteiger partial charge in [0.15, 0.2) is 0 Å². The molecule has 8 nitrogen and oxygen atoms in total. The van der Waals surface area contributed by atoms with E-state index >= 15 is 0 Å². The maximum atomic E-state index is 12.9. The molecular formula is C26H33N3O5S. The Kier molecular flexibility index (Phi) is 7.47. The highest BCUT2D eigenvalue weighted by Gasteiger charge is 2.42. The number of carbonyl (C=O) groups excluding carboxylic acids is 2. The van der Waals surface area contributed by atoms with Crippen molar-refractivity contribution in [2.24, 2.45) is 5.41 Å². The largest absolute Gasteiger partial charge is 0.494 e. The Balaban J connectivity index is 1.28. The topological polar surface area (TPSA) is 96.0 Å². The van der Waals surface area contributed by atoms with Crippen molar-refractivity contribution in [3.05, 3.63) is 59.7 Å². The summed E-state index contributed by atoms with van der Waals surface area (Å²) in [7, 11) is -3.73. The van der Waals surface area contributed by atoms with Crippen molar-refractivity contribution >= 4 is 21.8 Å². The second-order valence-electron chi connectivity index (χ2n) is 9.45. The molecule has 0 aliphatic carbocycles. The summed E-state index contributed by atoms with van der Waals surface area (Å²) in [6.45, 7) is 6.64. The lowest BCUT2D eigenvalue weighted by Crippen LogP contribution is -2.45. The molecule has 188 valence electrons. The average Bonchev–Trinajstić information content (AvgIpc) is 3.27. The quantitative estimate of drug-likeness (QED) is 0.632. The summed E-state index contributed by atoms with van der Waals surface area (Å²) in [5, 5.41) is 0. The predicted molar refractivity (Wildman–Crippen MR) is 133 cm³/mol. The molecule has 2 aliphatic heterocycles. The molecule has 2 aromatic carbocycles. The third-order valence-electron chi connectivity index (χ3n) is 7.06. The number of benzene rings is 2. The molecule has 35 heavy (non-hydrogen) atoms. The molecule has 2 heterocycles. The van der Waals surface area contributed by atoms with Crippen LogP contribution in [0.15, 0.2) is 53.4 Å². The third kappa shape index (κ3) is 5.85. The van der Waals surface area contributed by atoms with Crippen LogP contribution < -0.4 is 9.46 Å². The van der Waals surface area contributed by atoms with Gasteiger partial charge in [0.05, 0.1) is 18.0 Å². The molecule has 1 N–H and O–H groups in total. The smallest absolute Gasteiger partial charge is 0.253 e. The molecule has 0 atom stereocenters. The first-order chi connectivity index (χ1) is 16.7. The van der Waals surface area contributed by atoms with E-state index in [1.54, 1.807) is 29.2 Å². The number of piperidine rings is 1. The first kappa shape index (κ1) is 25.2. The van der Waals surface area contributed by atoms with Crippen LogP contribution in [0.4, 0.5) is 0 Å². The highest BCUT2D eigenvalue weighted by Crippen LogP contribution is 2.40. The van der Waals surface area contributed by atoms with Crippen molar-refractivity contribution in [1.29, 1.82) is 0 Å². The van der Waals surface area contributed by atoms with E-state index in [4.69, 9.17) is 4.74 Å². The summed E-state index contributed by atoms with van der Waals surface area (Å²) < 4.78 is 32.9. The third-order valence-corrected chi connectivity index (χ3v) is 8.48. The minimum atomic E-state index is -3.73. The van der Waals surface area contributed by atoms with Crippen LogP contribution in [0.3, 0.4) is 0 Å². The minimum absolute atomic E-state index is 0.0128. The number of aryl methyl sites for hydroxylation is 1. The molecule has 2 saturated heterocycles. The predicted octanol–water partition coefficient (Wildman–Crippen LogP) is 2.83. The fourth-order valence-electron chi connectivity index (χ4n) is 4.85. The SMILES string of the molecule is CCOc1ccc(C(=O)N2CCC3(CCN(C(=O)CNS(=O)(=O)c4ccc(C)cc4)C3)CC2)cc1. The Labute approximate surface area is 207 Å². The summed E-state index contributed by atoms with van der Waals surface area (Å²) in [6, 6.07) is 13.8. The number of amides is 2. The first-order valence-electron chi connectivity index (χ1n) is 12.1. The molecule has 0 saturated carbocycles. The molecular weight excluding hydrogens is 466 g/mol. The van der Waals surface area contributed by atoms with Gasteiger partial charge in [-0.25, -0.2) is 13.1 Å². The molecule has 0 radical (unpaired) electrons. The van der Waals surface area contributed by atoms with E-state index in [1.807, 2.05) is 30.9 Å². The van der Waals surface area contributed by atoms with Crippen molar-refractivity contribution in [2.75, 3.05) is 39.3 Å². The van der Waals surface area contributed by atoms with Crippen LogP contribution in [-0.2, 0) is 14.8 Å². The van der Waals surface area contributed by atoms with Crippen molar-refractivity contribution in [3.8, 4) is 5.75 Å². The molecule has 0 aromatic heterocycles. The van der Waals surface area contributed by atoms with Gasteiger partial charge in [-0.05, 0) is 74.9 Å². The number of sulfonamides is 1. The lowest BCUT2D eigenvalue weighted by Gasteiger charge is -2.39. The zero-order valence-electron chi connectivity index (χ0n) is 20.3. The Morgan fingerprint density at radius 2 is 1.54 bits per heavy atom. The van der Waals surface area contributed by atoms with E-state index in [1.165, 1.54) is 12.1 Å². The van der Waals surface area contributed by atoms with Crippen LogP contribution in [0.25, 0.3) is 0 Å². The average molecular weight is 500 g/mol. The van der Waals surface area contributed by atoms with Crippen molar-refractivity contribution < 1.29 is 22.7 Å². The molecule has 0 bridgehead atoms. The molecule has 2 aliphatic rings. The first-order valence-corrected chi connectivity index (χ1v) is 13.6. The lowest BCUT2D eigenvalue weighted by atomic mass is 9.77. The van der Waals surface area contributed by atoms with E-state index in [0.717, 1.165) is 30.6 Å². The van der Waals surface area contributed by atoms with Crippen molar-refractivity contribution in [1.82, 2.24) is 14.5 Å². The number of hydrogen-bond donors (Lipinski definition) is 1. The van der Waals surface area contributed by atoms with Crippen LogP contribution in [-0.4, -0.2) is 69.4 Å². The standard InChI is InChI=1S/C26H33N3O5S/c1-3-34-22-8-6-21(7-9-22)25(31)28-15-12-26(13-16-28)14-17-29(19-26)24(30)18-27-35(32,33)23-10-4-20(2)5-11-23/h4-11,27H,3,12-19H2,1-2H3. The summed E-state index contributed by atoms with van der Waals surface area (Å²) >= 11 is 0. The lowest BCUT2D eigenvalue weighted by molar-refractivity contribution is -0.129. The second kappa shape index (κ2) is 10.4. The fraction of sp³-hybridized carbons (Fsp3) is 0.462. The van der Waals surface area contributed by atoms with Gasteiger partial charge in [0.1, 0.15) is 5.75 Å². The van der Waals surface area contributed by atoms with Gasteiger partial charge >= 0.3 is 0 Å². The van der Waals surface area contributed by atoms with Gasteiger partial charge in [-0.15, -0.1) is 0 Å². The van der Waals surface area contributed by atoms with Crippen LogP contribution >= 0.6 is 0 Å². The summed E-state index contributed by atoms with van der Waals surface area (Å²) in [5.41, 5.74) is 1.60. The monoisotopic (exact) mass is 499 g/mol. The zero-order chi connectivity index (χ0) is 25.1. The zero-order valence-corrected chi connectivity index (χ0v) is 21.1. The van der Waals surface area contributed by atoms with E-state index in [-0.39, 0.29) is 28.7 Å². The Morgan fingerprint density at radius 3 is 2.14 bits per heavy atom. The molecule has 9 heteroatoms. The molecule has 2 fully saturated rings. The van der Waals surface area contributed by atoms with Gasteiger partial charge < -0.3 is 14.5 Å². The maximum Gasteiger partial charge on any atom is 0.253 e. The van der Waals surface area contributed by atoms with Crippen molar-refractivity contribution in [3.63, 3.8) is 0 Å². The highest BCUT2D eigenvalue weighted by atomic mass is 32.2. The van der Waals surface area contributed by atoms with Gasteiger partial charge in [0.2, 0.25) is 15.9 Å². The van der Waals surface area contributed by atoms with Crippen molar-refractivity contribution in [2.45, 2.75) is 38.0 Å². The molecule has 1 spiro atoms.